The third-order valence-corrected chi connectivity index (χ3v) is 7.08. The lowest BCUT2D eigenvalue weighted by atomic mass is 10.1. The van der Waals surface area contributed by atoms with Crippen molar-refractivity contribution in [2.24, 2.45) is 4.99 Å². The molecule has 162 valence electrons. The number of benzene rings is 2. The molecule has 0 aromatic heterocycles. The Kier molecular flexibility index (Phi) is 7.71. The zero-order valence-corrected chi connectivity index (χ0v) is 19.1. The molecule has 0 saturated carbocycles. The number of nitrogens with one attached hydrogen (secondary N) is 1. The van der Waals surface area contributed by atoms with E-state index in [2.05, 4.69) is 26.3 Å². The van der Waals surface area contributed by atoms with Crippen molar-refractivity contribution >= 4 is 41.8 Å². The van der Waals surface area contributed by atoms with E-state index in [0.29, 0.717) is 6.42 Å². The van der Waals surface area contributed by atoms with Crippen LogP contribution in [0.3, 0.4) is 0 Å². The second-order valence-electron chi connectivity index (χ2n) is 6.72. The number of halogens is 3. The first-order valence-electron chi connectivity index (χ1n) is 9.17. The van der Waals surface area contributed by atoms with E-state index in [1.807, 2.05) is 34.7 Å². The van der Waals surface area contributed by atoms with Crippen LogP contribution in [0, 0.1) is 0 Å². The molecule has 0 spiro atoms. The number of hydrazine groups is 1. The normalized spacial score (nSPS) is 17.0. The highest BCUT2D eigenvalue weighted by Gasteiger charge is 2.51. The molecule has 30 heavy (non-hydrogen) atoms. The highest BCUT2D eigenvalue weighted by atomic mass is 79.9. The topological polar surface area (TPSA) is 85.2 Å². The lowest BCUT2D eigenvalue weighted by Gasteiger charge is -2.19. The zero-order valence-electron chi connectivity index (χ0n) is 15.8. The molecule has 0 saturated heterocycles. The lowest BCUT2D eigenvalue weighted by Crippen LogP contribution is -2.27. The van der Waals surface area contributed by atoms with Crippen molar-refractivity contribution in [3.63, 3.8) is 0 Å². The first kappa shape index (κ1) is 23.4. The van der Waals surface area contributed by atoms with Gasteiger partial charge in [0, 0.05) is 15.8 Å². The largest absolute Gasteiger partial charge is 0.399 e. The van der Waals surface area contributed by atoms with Crippen LogP contribution in [0.25, 0.3) is 0 Å². The molecule has 1 atom stereocenters. The maximum absolute atomic E-state index is 13.9. The molecular weight excluding hydrogens is 499 g/mol. The van der Waals surface area contributed by atoms with Gasteiger partial charge in [0.25, 0.3) is 0 Å². The van der Waals surface area contributed by atoms with Gasteiger partial charge in [-0.3, -0.25) is 4.57 Å². The van der Waals surface area contributed by atoms with Crippen LogP contribution >= 0.6 is 35.5 Å². The van der Waals surface area contributed by atoms with Crippen LogP contribution in [0.15, 0.2) is 58.0 Å². The molecular formula is C19H21BrF2N3O3PS. The van der Waals surface area contributed by atoms with Gasteiger partial charge in [0.15, 0.2) is 0 Å². The minimum absolute atomic E-state index is 0.00729. The van der Waals surface area contributed by atoms with Gasteiger partial charge in [-0.2, -0.15) is 14.2 Å². The van der Waals surface area contributed by atoms with Gasteiger partial charge in [-0.1, -0.05) is 58.4 Å². The van der Waals surface area contributed by atoms with Crippen LogP contribution in [0.1, 0.15) is 35.7 Å². The van der Waals surface area contributed by atoms with Crippen molar-refractivity contribution in [3.05, 3.63) is 69.7 Å². The van der Waals surface area contributed by atoms with E-state index in [-0.39, 0.29) is 10.6 Å². The fraction of sp³-hybridized carbons (Fsp3) is 0.316. The van der Waals surface area contributed by atoms with Crippen molar-refractivity contribution < 1.29 is 23.1 Å². The molecule has 2 aromatic rings. The first-order valence-corrected chi connectivity index (χ1v) is 12.5. The minimum atomic E-state index is -5.58. The summed E-state index contributed by atoms with van der Waals surface area (Å²) >= 11 is 4.62. The van der Waals surface area contributed by atoms with Gasteiger partial charge in [-0.25, -0.2) is 9.41 Å². The summed E-state index contributed by atoms with van der Waals surface area (Å²) in [4.78, 5) is 22.2. The maximum atomic E-state index is 13.9. The van der Waals surface area contributed by atoms with Crippen LogP contribution in [0.5, 0.6) is 0 Å². The SMILES string of the molecule is O=P(O)(O)C(F)(F)c1ccc(CCCCSN2C=NC(c3ccccc3)N2)cc1Br. The van der Waals surface area contributed by atoms with Crippen molar-refractivity contribution in [2.45, 2.75) is 31.1 Å². The molecule has 1 heterocycles. The highest BCUT2D eigenvalue weighted by Crippen LogP contribution is 2.60. The number of alkyl halides is 2. The second-order valence-corrected chi connectivity index (χ2v) is 10.3. The first-order chi connectivity index (χ1) is 14.2. The van der Waals surface area contributed by atoms with E-state index in [9.17, 15) is 13.3 Å². The smallest absolute Gasteiger partial charge is 0.320 e. The molecule has 0 amide bonds. The third kappa shape index (κ3) is 5.69. The second kappa shape index (κ2) is 9.89. The predicted molar refractivity (Wildman–Crippen MR) is 118 cm³/mol. The number of aryl methyl sites for hydroxylation is 1. The molecule has 6 nitrogen and oxygen atoms in total. The minimum Gasteiger partial charge on any atom is -0.320 e. The number of nitrogens with zero attached hydrogens (tertiary/aromatic N) is 2. The predicted octanol–water partition coefficient (Wildman–Crippen LogP) is 5.19. The van der Waals surface area contributed by atoms with Crippen LogP contribution in [-0.2, 0) is 16.6 Å². The molecule has 3 rings (SSSR count). The number of hydrogen-bond donors (Lipinski definition) is 3. The fourth-order valence-corrected chi connectivity index (χ4v) is 5.05. The summed E-state index contributed by atoms with van der Waals surface area (Å²) in [7, 11) is -5.58. The molecule has 11 heteroatoms. The van der Waals surface area contributed by atoms with Crippen LogP contribution in [0.4, 0.5) is 8.78 Å². The van der Waals surface area contributed by atoms with E-state index in [4.69, 9.17) is 9.79 Å². The molecule has 0 fully saturated rings. The summed E-state index contributed by atoms with van der Waals surface area (Å²) in [6.07, 6.45) is 4.11. The Morgan fingerprint density at radius 1 is 1.20 bits per heavy atom. The average molecular weight is 520 g/mol. The van der Waals surface area contributed by atoms with E-state index >= 15 is 0 Å². The third-order valence-electron chi connectivity index (χ3n) is 4.50. The van der Waals surface area contributed by atoms with Crippen LogP contribution in [0.2, 0.25) is 0 Å². The molecule has 3 N–H and O–H groups in total. The zero-order chi connectivity index (χ0) is 21.8. The van der Waals surface area contributed by atoms with Gasteiger partial charge >= 0.3 is 13.3 Å². The van der Waals surface area contributed by atoms with Crippen LogP contribution in [-0.4, -0.2) is 26.3 Å². The number of rotatable bonds is 9. The van der Waals surface area contributed by atoms with E-state index in [1.165, 1.54) is 12.1 Å². The van der Waals surface area contributed by atoms with Gasteiger partial charge in [0.05, 0.1) is 0 Å². The van der Waals surface area contributed by atoms with Gasteiger partial charge in [-0.05, 0) is 48.4 Å². The molecule has 1 aliphatic heterocycles. The monoisotopic (exact) mass is 519 g/mol. The van der Waals surface area contributed by atoms with E-state index in [1.54, 1.807) is 18.3 Å². The van der Waals surface area contributed by atoms with E-state index < -0.39 is 18.8 Å². The summed E-state index contributed by atoms with van der Waals surface area (Å²) < 4.78 is 40.7. The van der Waals surface area contributed by atoms with Gasteiger partial charge in [0.2, 0.25) is 0 Å². The molecule has 0 radical (unpaired) electrons. The average Bonchev–Trinajstić information content (AvgIpc) is 3.16. The van der Waals surface area contributed by atoms with Gasteiger partial charge in [0.1, 0.15) is 12.5 Å². The molecule has 0 bridgehead atoms. The Morgan fingerprint density at radius 3 is 2.60 bits per heavy atom. The van der Waals surface area contributed by atoms with Crippen molar-refractivity contribution in [3.8, 4) is 0 Å². The Bertz CT molecular complexity index is 946. The number of aliphatic imine (C=N–C) groups is 1. The summed E-state index contributed by atoms with van der Waals surface area (Å²) in [6, 6.07) is 14.0. The summed E-state index contributed by atoms with van der Waals surface area (Å²) in [5, 5.41) is 0. The van der Waals surface area contributed by atoms with Crippen molar-refractivity contribution in [1.29, 1.82) is 0 Å². The van der Waals surface area contributed by atoms with Crippen molar-refractivity contribution in [2.75, 3.05) is 5.75 Å². The number of hydrogen-bond acceptors (Lipinski definition) is 5. The molecule has 0 aliphatic carbocycles. The number of unbranched alkanes of at least 4 members (excludes halogenated alkanes) is 1. The standard InChI is InChI=1S/C19H21BrF2N3O3PS/c20-17-12-14(9-10-16(17)19(21,22)29(26,27)28)6-4-5-11-30-25-13-23-18(24-25)15-7-2-1-3-8-15/h1-3,7-10,12-13,18,24H,4-6,11H2,(H2,26,27,28). The Balaban J connectivity index is 1.42. The van der Waals surface area contributed by atoms with Gasteiger partial charge < -0.3 is 9.79 Å². The molecule has 2 aromatic carbocycles. The summed E-state index contributed by atoms with van der Waals surface area (Å²) in [5.74, 6) is 0.857. The highest BCUT2D eigenvalue weighted by molar-refractivity contribution is 9.10. The molecule has 1 unspecified atom stereocenters. The van der Waals surface area contributed by atoms with Crippen molar-refractivity contribution in [1.82, 2.24) is 9.84 Å². The van der Waals surface area contributed by atoms with Crippen LogP contribution < -0.4 is 5.43 Å². The molecule has 1 aliphatic rings. The Labute approximate surface area is 186 Å². The maximum Gasteiger partial charge on any atom is 0.399 e. The Morgan fingerprint density at radius 2 is 1.93 bits per heavy atom. The Hall–Kier alpha value is -1.29. The summed E-state index contributed by atoms with van der Waals surface area (Å²) in [6.45, 7) is 0. The van der Waals surface area contributed by atoms with Gasteiger partial charge in [-0.15, -0.1) is 0 Å². The quantitative estimate of drug-likeness (QED) is 0.240. The van der Waals surface area contributed by atoms with E-state index in [0.717, 1.165) is 35.8 Å². The summed E-state index contributed by atoms with van der Waals surface area (Å²) in [5.41, 5.74) is 0.278. The fourth-order valence-electron chi connectivity index (χ4n) is 2.89. The lowest BCUT2D eigenvalue weighted by molar-refractivity contribution is 0.0557.